The van der Waals surface area contributed by atoms with Crippen LogP contribution in [0.2, 0.25) is 4.34 Å². The first kappa shape index (κ1) is 32.0. The van der Waals surface area contributed by atoms with Gasteiger partial charge < -0.3 is 5.32 Å². The summed E-state index contributed by atoms with van der Waals surface area (Å²) in [6.45, 7) is -0.165. The lowest BCUT2D eigenvalue weighted by Crippen LogP contribution is -2.45. The van der Waals surface area contributed by atoms with Crippen LogP contribution in [0.4, 0.5) is 13.2 Å². The van der Waals surface area contributed by atoms with Crippen molar-refractivity contribution >= 4 is 48.7 Å². The molecule has 1 saturated heterocycles. The lowest BCUT2D eigenvalue weighted by atomic mass is 10.1. The number of alkyl halides is 3. The second kappa shape index (κ2) is 12.6. The normalized spacial score (nSPS) is 16.2. The molecule has 0 bridgehead atoms. The third-order valence-electron chi connectivity index (χ3n) is 6.81. The summed E-state index contributed by atoms with van der Waals surface area (Å²) in [5, 5.41) is 2.07. The Morgan fingerprint density at radius 1 is 1.00 bits per heavy atom. The molecule has 16 heteroatoms. The highest BCUT2D eigenvalue weighted by atomic mass is 35.5. The monoisotopic (exact) mass is 684 g/mol. The molecule has 3 heterocycles. The van der Waals surface area contributed by atoms with Crippen LogP contribution in [0.1, 0.15) is 29.7 Å². The van der Waals surface area contributed by atoms with E-state index < -0.39 is 54.5 Å². The molecule has 1 N–H and O–H groups in total. The Morgan fingerprint density at radius 2 is 1.70 bits per heavy atom. The van der Waals surface area contributed by atoms with Crippen molar-refractivity contribution in [1.29, 1.82) is 0 Å². The molecule has 0 spiro atoms. The quantitative estimate of drug-likeness (QED) is 0.237. The van der Waals surface area contributed by atoms with E-state index in [2.05, 4.69) is 15.3 Å². The second-order valence-electron chi connectivity index (χ2n) is 9.90. The van der Waals surface area contributed by atoms with Gasteiger partial charge in [0.1, 0.15) is 10.3 Å². The molecule has 4 aromatic rings. The number of sulfone groups is 1. The van der Waals surface area contributed by atoms with Crippen LogP contribution < -0.4 is 5.32 Å². The number of sulfonamides is 1. The van der Waals surface area contributed by atoms with Crippen LogP contribution in [0.5, 0.6) is 0 Å². The number of nitrogens with one attached hydrogen (secondary N) is 1. The van der Waals surface area contributed by atoms with E-state index in [1.54, 1.807) is 30.3 Å². The number of amides is 1. The predicted octanol–water partition coefficient (Wildman–Crippen LogP) is 5.32. The van der Waals surface area contributed by atoms with Crippen LogP contribution >= 0.6 is 22.9 Å². The summed E-state index contributed by atoms with van der Waals surface area (Å²) in [5.41, 5.74) is -0.121. The van der Waals surface area contributed by atoms with Gasteiger partial charge in [-0.2, -0.15) is 17.5 Å². The molecule has 2 aromatic heterocycles. The van der Waals surface area contributed by atoms with E-state index in [9.17, 15) is 34.8 Å². The lowest BCUT2D eigenvalue weighted by molar-refractivity contribution is -0.137. The van der Waals surface area contributed by atoms with Gasteiger partial charge in [0.05, 0.1) is 33.6 Å². The number of halogens is 4. The third-order valence-corrected chi connectivity index (χ3v) is 11.9. The average molecular weight is 685 g/mol. The number of nitrogens with zero attached hydrogens (tertiary/aromatic N) is 3. The lowest BCUT2D eigenvalue weighted by Gasteiger charge is -2.22. The Bertz CT molecular complexity index is 1890. The number of thiophene rings is 1. The number of carbonyl (C=O) groups excluding carboxylic acids is 1. The Morgan fingerprint density at radius 3 is 2.34 bits per heavy atom. The second-order valence-corrected chi connectivity index (χ2v) is 15.6. The fourth-order valence-electron chi connectivity index (χ4n) is 4.68. The number of carbonyl (C=O) groups is 1. The fourth-order valence-corrected chi connectivity index (χ4v) is 9.20. The van der Waals surface area contributed by atoms with Crippen molar-refractivity contribution in [3.63, 3.8) is 0 Å². The van der Waals surface area contributed by atoms with Crippen LogP contribution in [-0.2, 0) is 43.1 Å². The Labute approximate surface area is 260 Å². The Kier molecular flexibility index (Phi) is 9.14. The summed E-state index contributed by atoms with van der Waals surface area (Å²) >= 11 is 6.80. The van der Waals surface area contributed by atoms with Gasteiger partial charge in [-0.25, -0.2) is 26.8 Å². The molecule has 5 rings (SSSR count). The molecule has 1 aliphatic heterocycles. The van der Waals surface area contributed by atoms with Gasteiger partial charge in [-0.3, -0.25) is 4.79 Å². The van der Waals surface area contributed by atoms with E-state index >= 15 is 0 Å². The van der Waals surface area contributed by atoms with Crippen molar-refractivity contribution in [3.8, 4) is 11.3 Å². The minimum absolute atomic E-state index is 0.00690. The zero-order valence-corrected chi connectivity index (χ0v) is 25.9. The van der Waals surface area contributed by atoms with Crippen LogP contribution in [0.25, 0.3) is 11.3 Å². The average Bonchev–Trinajstić information content (AvgIpc) is 3.66. The van der Waals surface area contributed by atoms with Crippen LogP contribution in [0, 0.1) is 0 Å². The first-order chi connectivity index (χ1) is 20.7. The van der Waals surface area contributed by atoms with Gasteiger partial charge in [0.2, 0.25) is 20.9 Å². The largest absolute Gasteiger partial charge is 0.416 e. The molecule has 1 aliphatic rings. The molecular formula is C28H24ClF3N4O5S3. The molecule has 2 aromatic carbocycles. The maximum atomic E-state index is 13.3. The number of benzene rings is 2. The van der Waals surface area contributed by atoms with Gasteiger partial charge >= 0.3 is 6.18 Å². The molecule has 0 aliphatic carbocycles. The topological polar surface area (TPSA) is 126 Å². The van der Waals surface area contributed by atoms with Gasteiger partial charge in [-0.1, -0.05) is 54.1 Å². The SMILES string of the molecule is O=C(NCc1cc(-c2ccc(C(F)(F)F)cc2)nc(S(=O)(=O)Cc2ccccc2)n1)[C@@H]1CCCN1S(=O)(=O)c1ccc(Cl)s1. The molecule has 1 atom stereocenters. The summed E-state index contributed by atoms with van der Waals surface area (Å²) in [6, 6.07) is 15.5. The van der Waals surface area contributed by atoms with E-state index in [0.29, 0.717) is 12.0 Å². The van der Waals surface area contributed by atoms with E-state index in [-0.39, 0.29) is 45.0 Å². The molecule has 0 radical (unpaired) electrons. The van der Waals surface area contributed by atoms with E-state index in [4.69, 9.17) is 11.6 Å². The molecule has 1 fully saturated rings. The maximum absolute atomic E-state index is 13.3. The molecular weight excluding hydrogens is 661 g/mol. The maximum Gasteiger partial charge on any atom is 0.416 e. The number of aromatic nitrogens is 2. The van der Waals surface area contributed by atoms with Crippen molar-refractivity contribution < 1.29 is 34.8 Å². The minimum atomic E-state index is -4.57. The highest BCUT2D eigenvalue weighted by molar-refractivity contribution is 7.91. The van der Waals surface area contributed by atoms with E-state index in [0.717, 1.165) is 27.8 Å². The van der Waals surface area contributed by atoms with Crippen molar-refractivity contribution in [3.05, 3.63) is 94.0 Å². The van der Waals surface area contributed by atoms with Crippen molar-refractivity contribution in [2.45, 2.75) is 46.7 Å². The van der Waals surface area contributed by atoms with Gasteiger partial charge in [-0.15, -0.1) is 11.3 Å². The van der Waals surface area contributed by atoms with Crippen LogP contribution in [-0.4, -0.2) is 49.6 Å². The molecule has 1 amide bonds. The summed E-state index contributed by atoms with van der Waals surface area (Å²) < 4.78 is 93.7. The highest BCUT2D eigenvalue weighted by Crippen LogP contribution is 2.33. The van der Waals surface area contributed by atoms with Gasteiger partial charge in [0.25, 0.3) is 10.0 Å². The summed E-state index contributed by atoms with van der Waals surface area (Å²) in [7, 11) is -8.11. The fraction of sp³-hybridized carbons (Fsp3) is 0.250. The molecule has 232 valence electrons. The van der Waals surface area contributed by atoms with Gasteiger partial charge in [0, 0.05) is 12.1 Å². The standard InChI is InChI=1S/C28H24ClF3N4O5S3/c29-24-12-13-25(42-24)44(40,41)36-14-4-7-23(36)26(37)33-16-21-15-22(19-8-10-20(11-9-19)28(30,31)32)35-27(34-21)43(38,39)17-18-5-2-1-3-6-18/h1-3,5-6,8-13,15,23H,4,7,14,16-17H2,(H,33,37)/t23-/m0/s1. The number of hydrogen-bond donors (Lipinski definition) is 1. The predicted molar refractivity (Wildman–Crippen MR) is 158 cm³/mol. The van der Waals surface area contributed by atoms with Crippen LogP contribution in [0.3, 0.4) is 0 Å². The summed E-state index contributed by atoms with van der Waals surface area (Å²) in [6.07, 6.45) is -3.85. The van der Waals surface area contributed by atoms with E-state index in [1.807, 2.05) is 0 Å². The molecule has 44 heavy (non-hydrogen) atoms. The molecule has 0 saturated carbocycles. The zero-order valence-electron chi connectivity index (χ0n) is 22.7. The number of hydrogen-bond acceptors (Lipinski definition) is 8. The smallest absolute Gasteiger partial charge is 0.349 e. The molecule has 9 nitrogen and oxygen atoms in total. The van der Waals surface area contributed by atoms with Crippen molar-refractivity contribution in [2.24, 2.45) is 0 Å². The first-order valence-corrected chi connectivity index (χ1v) is 17.4. The van der Waals surface area contributed by atoms with Gasteiger partial charge in [0.15, 0.2) is 0 Å². The van der Waals surface area contributed by atoms with Gasteiger partial charge in [-0.05, 0) is 48.7 Å². The van der Waals surface area contributed by atoms with Crippen molar-refractivity contribution in [2.75, 3.05) is 6.54 Å². The van der Waals surface area contributed by atoms with Crippen molar-refractivity contribution in [1.82, 2.24) is 19.6 Å². The minimum Gasteiger partial charge on any atom is -0.349 e. The molecule has 0 unspecified atom stereocenters. The van der Waals surface area contributed by atoms with E-state index in [1.165, 1.54) is 30.3 Å². The third kappa shape index (κ3) is 7.12. The summed E-state index contributed by atoms with van der Waals surface area (Å²) in [5.74, 6) is -1.05. The van der Waals surface area contributed by atoms with Crippen LogP contribution in [0.15, 0.2) is 82.2 Å². The number of rotatable bonds is 9. The first-order valence-electron chi connectivity index (χ1n) is 13.1. The zero-order chi connectivity index (χ0) is 31.7. The highest BCUT2D eigenvalue weighted by Gasteiger charge is 2.40. The Balaban J connectivity index is 1.43. The Hall–Kier alpha value is -3.37. The summed E-state index contributed by atoms with van der Waals surface area (Å²) in [4.78, 5) is 21.5.